The number of halogens is 1. The third-order valence-corrected chi connectivity index (χ3v) is 7.09. The lowest BCUT2D eigenvalue weighted by Crippen LogP contribution is -2.28. The van der Waals surface area contributed by atoms with E-state index in [0.717, 1.165) is 22.6 Å². The summed E-state index contributed by atoms with van der Waals surface area (Å²) >= 11 is 3.56. The van der Waals surface area contributed by atoms with E-state index in [1.165, 1.54) is 13.2 Å². The molecule has 0 radical (unpaired) electrons. The minimum atomic E-state index is -0.490. The molecular weight excluding hydrogens is 514 g/mol. The van der Waals surface area contributed by atoms with Gasteiger partial charge in [-0.2, -0.15) is 0 Å². The molecule has 1 atom stereocenters. The average Bonchev–Trinajstić information content (AvgIpc) is 3.39. The van der Waals surface area contributed by atoms with Crippen molar-refractivity contribution in [3.8, 4) is 11.5 Å². The number of nitrogens with one attached hydrogen (secondary N) is 1. The molecule has 0 fully saturated rings. The van der Waals surface area contributed by atoms with Crippen LogP contribution in [0.1, 0.15) is 33.1 Å². The van der Waals surface area contributed by atoms with Gasteiger partial charge in [0.1, 0.15) is 11.5 Å². The number of phenolic OH excluding ortho intramolecular Hbond substituents is 1. The van der Waals surface area contributed by atoms with Crippen LogP contribution >= 0.6 is 15.9 Å². The molecule has 2 aromatic carbocycles. The van der Waals surface area contributed by atoms with Crippen molar-refractivity contribution in [2.24, 2.45) is 0 Å². The molecule has 3 aromatic rings. The zero-order valence-corrected chi connectivity index (χ0v) is 21.9. The van der Waals surface area contributed by atoms with E-state index in [4.69, 9.17) is 9.47 Å². The fraction of sp³-hybridized carbons (Fsp3) is 0.308. The summed E-state index contributed by atoms with van der Waals surface area (Å²) in [7, 11) is 6.80. The monoisotopic (exact) mass is 541 g/mol. The number of ether oxygens (including phenoxy) is 2. The summed E-state index contributed by atoms with van der Waals surface area (Å²) in [5.41, 5.74) is 4.62. The molecule has 4 rings (SSSR count). The Morgan fingerprint density at radius 3 is 2.66 bits per heavy atom. The van der Waals surface area contributed by atoms with Gasteiger partial charge in [-0.15, -0.1) is 0 Å². The Labute approximate surface area is 212 Å². The molecule has 2 N–H and O–H groups in total. The van der Waals surface area contributed by atoms with Crippen LogP contribution < -0.4 is 14.5 Å². The number of carbonyl (C=O) groups excluding carboxylic acids is 2. The Hall–Kier alpha value is -3.46. The fourth-order valence-electron chi connectivity index (χ4n) is 4.65. The third kappa shape index (κ3) is 4.25. The van der Waals surface area contributed by atoms with Gasteiger partial charge in [0.25, 0.3) is 5.91 Å². The number of anilines is 2. The van der Waals surface area contributed by atoms with Gasteiger partial charge in [0, 0.05) is 55.1 Å². The van der Waals surface area contributed by atoms with Crippen LogP contribution in [-0.4, -0.2) is 62.2 Å². The quantitative estimate of drug-likeness (QED) is 0.269. The summed E-state index contributed by atoms with van der Waals surface area (Å²) in [6.45, 7) is 2.18. The summed E-state index contributed by atoms with van der Waals surface area (Å²) in [5.74, 6) is -0.0572. The zero-order valence-electron chi connectivity index (χ0n) is 20.3. The number of fused-ring (bicyclic) bond motifs is 3. The molecule has 0 aliphatic carbocycles. The molecule has 8 nitrogen and oxygen atoms in total. The Morgan fingerprint density at radius 1 is 1.29 bits per heavy atom. The molecule has 0 bridgehead atoms. The van der Waals surface area contributed by atoms with Crippen molar-refractivity contribution < 1.29 is 24.2 Å². The fourth-order valence-corrected chi connectivity index (χ4v) is 5.18. The van der Waals surface area contributed by atoms with E-state index in [1.54, 1.807) is 31.1 Å². The van der Waals surface area contributed by atoms with Crippen molar-refractivity contribution in [1.82, 2.24) is 4.98 Å². The van der Waals surface area contributed by atoms with Gasteiger partial charge < -0.3 is 29.4 Å². The van der Waals surface area contributed by atoms with Crippen molar-refractivity contribution >= 4 is 56.2 Å². The molecule has 0 spiro atoms. The normalized spacial score (nSPS) is 15.0. The SMILES string of the molecule is COC(=O)c1c(C)[nH]c2c(O)cc3c(c12)[C@H](CBr)CN3C(=O)/C=C/c1ccc(OC)c(N(C)C)c1. The van der Waals surface area contributed by atoms with Crippen molar-refractivity contribution in [3.63, 3.8) is 0 Å². The van der Waals surface area contributed by atoms with E-state index in [9.17, 15) is 14.7 Å². The lowest BCUT2D eigenvalue weighted by Gasteiger charge is -2.17. The van der Waals surface area contributed by atoms with Crippen LogP contribution in [0.15, 0.2) is 30.3 Å². The summed E-state index contributed by atoms with van der Waals surface area (Å²) in [6, 6.07) is 7.28. The van der Waals surface area contributed by atoms with Crippen molar-refractivity contribution in [2.75, 3.05) is 50.0 Å². The maximum atomic E-state index is 13.3. The number of aromatic hydroxyl groups is 1. The molecule has 2 heterocycles. The molecule has 9 heteroatoms. The first-order chi connectivity index (χ1) is 16.7. The van der Waals surface area contributed by atoms with Crippen molar-refractivity contribution in [3.05, 3.63) is 52.7 Å². The summed E-state index contributed by atoms with van der Waals surface area (Å²) < 4.78 is 10.4. The van der Waals surface area contributed by atoms with E-state index in [2.05, 4.69) is 20.9 Å². The third-order valence-electron chi connectivity index (χ3n) is 6.31. The summed E-state index contributed by atoms with van der Waals surface area (Å²) in [5, 5.41) is 11.9. The highest BCUT2D eigenvalue weighted by atomic mass is 79.9. The Balaban J connectivity index is 1.76. The number of aryl methyl sites for hydroxylation is 1. The number of rotatable bonds is 6. The number of aromatic amines is 1. The molecule has 35 heavy (non-hydrogen) atoms. The van der Waals surface area contributed by atoms with Crippen LogP contribution in [0, 0.1) is 6.92 Å². The zero-order chi connectivity index (χ0) is 25.4. The second-order valence-electron chi connectivity index (χ2n) is 8.65. The van der Waals surface area contributed by atoms with Gasteiger partial charge in [-0.05, 0) is 36.3 Å². The minimum Gasteiger partial charge on any atom is -0.506 e. The Morgan fingerprint density at radius 2 is 2.03 bits per heavy atom. The van der Waals surface area contributed by atoms with Gasteiger partial charge in [-0.25, -0.2) is 4.79 Å². The summed E-state index contributed by atoms with van der Waals surface area (Å²) in [6.07, 6.45) is 3.28. The van der Waals surface area contributed by atoms with E-state index in [1.807, 2.05) is 37.2 Å². The molecule has 0 saturated carbocycles. The average molecular weight is 542 g/mol. The van der Waals surface area contributed by atoms with Crippen LogP contribution in [0.25, 0.3) is 17.0 Å². The number of methoxy groups -OCH3 is 2. The van der Waals surface area contributed by atoms with E-state index in [0.29, 0.717) is 39.7 Å². The van der Waals surface area contributed by atoms with Crippen LogP contribution in [0.5, 0.6) is 11.5 Å². The van der Waals surface area contributed by atoms with Gasteiger partial charge >= 0.3 is 5.97 Å². The van der Waals surface area contributed by atoms with Crippen LogP contribution in [0.2, 0.25) is 0 Å². The number of benzene rings is 2. The Kier molecular flexibility index (Phi) is 6.80. The lowest BCUT2D eigenvalue weighted by molar-refractivity contribution is -0.114. The predicted molar refractivity (Wildman–Crippen MR) is 141 cm³/mol. The topological polar surface area (TPSA) is 95.1 Å². The van der Waals surface area contributed by atoms with Gasteiger partial charge in [-0.3, -0.25) is 4.79 Å². The van der Waals surface area contributed by atoms with Gasteiger partial charge in [0.15, 0.2) is 0 Å². The highest BCUT2D eigenvalue weighted by Gasteiger charge is 2.36. The molecule has 1 amide bonds. The maximum Gasteiger partial charge on any atom is 0.340 e. The standard InChI is InChI=1S/C26H28BrN3O5/c1-14-22(26(33)35-5)24-23-16(12-27)13-30(18(23)11-19(31)25(24)28-14)21(32)9-7-15-6-8-20(34-4)17(10-15)29(2)3/h6-11,16,28,31H,12-13H2,1-5H3/b9-7+/t16-/m1/s1. The van der Waals surface area contributed by atoms with Crippen molar-refractivity contribution in [2.45, 2.75) is 12.8 Å². The smallest absolute Gasteiger partial charge is 0.340 e. The van der Waals surface area contributed by atoms with E-state index in [-0.39, 0.29) is 17.6 Å². The van der Waals surface area contributed by atoms with Gasteiger partial charge in [0.05, 0.1) is 36.7 Å². The molecule has 0 unspecified atom stereocenters. The summed E-state index contributed by atoms with van der Waals surface area (Å²) in [4.78, 5) is 32.6. The van der Waals surface area contributed by atoms with Crippen LogP contribution in [0.3, 0.4) is 0 Å². The number of H-pyrrole nitrogens is 1. The molecule has 184 valence electrons. The van der Waals surface area contributed by atoms with Gasteiger partial charge in [-0.1, -0.05) is 22.0 Å². The molecule has 1 aliphatic rings. The van der Waals surface area contributed by atoms with Crippen molar-refractivity contribution in [1.29, 1.82) is 0 Å². The molecule has 1 aliphatic heterocycles. The number of aromatic nitrogens is 1. The maximum absolute atomic E-state index is 13.3. The van der Waals surface area contributed by atoms with Gasteiger partial charge in [0.2, 0.25) is 0 Å². The van der Waals surface area contributed by atoms with Crippen LogP contribution in [-0.2, 0) is 9.53 Å². The molecule has 1 aromatic heterocycles. The van der Waals surface area contributed by atoms with E-state index >= 15 is 0 Å². The van der Waals surface area contributed by atoms with E-state index < -0.39 is 5.97 Å². The number of phenols is 1. The Bertz CT molecular complexity index is 1340. The number of hydrogen-bond donors (Lipinski definition) is 2. The first-order valence-electron chi connectivity index (χ1n) is 11.1. The number of nitrogens with zero attached hydrogens (tertiary/aromatic N) is 2. The molecule has 0 saturated heterocycles. The lowest BCUT2D eigenvalue weighted by atomic mass is 9.96. The minimum absolute atomic E-state index is 0.0280. The first kappa shape index (κ1) is 24.7. The highest BCUT2D eigenvalue weighted by molar-refractivity contribution is 9.09. The number of carbonyl (C=O) groups is 2. The number of hydrogen-bond acceptors (Lipinski definition) is 6. The molecular formula is C26H28BrN3O5. The number of alkyl halides is 1. The second-order valence-corrected chi connectivity index (χ2v) is 9.30. The van der Waals surface area contributed by atoms with Crippen LogP contribution in [0.4, 0.5) is 11.4 Å². The highest BCUT2D eigenvalue weighted by Crippen LogP contribution is 2.47. The first-order valence-corrected chi connectivity index (χ1v) is 12.2. The number of amides is 1. The number of esters is 1. The predicted octanol–water partition coefficient (Wildman–Crippen LogP) is 4.58. The largest absolute Gasteiger partial charge is 0.506 e. The second kappa shape index (κ2) is 9.65.